The lowest BCUT2D eigenvalue weighted by Crippen LogP contribution is -1.86. The summed E-state index contributed by atoms with van der Waals surface area (Å²) in [6.45, 7) is 1.87. The number of imidazole rings is 1. The summed E-state index contributed by atoms with van der Waals surface area (Å²) in [5, 5.41) is 0. The lowest BCUT2D eigenvalue weighted by molar-refractivity contribution is 0.509. The fourth-order valence-corrected chi connectivity index (χ4v) is 1.77. The van der Waals surface area contributed by atoms with Gasteiger partial charge in [0.1, 0.15) is 5.82 Å². The summed E-state index contributed by atoms with van der Waals surface area (Å²) in [5.41, 5.74) is 2.67. The highest BCUT2D eigenvalue weighted by atomic mass is 19.2. The smallest absolute Gasteiger partial charge is 0.178 e. The van der Waals surface area contributed by atoms with E-state index < -0.39 is 11.6 Å². The van der Waals surface area contributed by atoms with Crippen LogP contribution < -0.4 is 0 Å². The van der Waals surface area contributed by atoms with Crippen LogP contribution >= 0.6 is 0 Å². The fraction of sp³-hybridized carbons (Fsp3) is 0.0769. The summed E-state index contributed by atoms with van der Waals surface area (Å²) in [7, 11) is 0. The summed E-state index contributed by atoms with van der Waals surface area (Å²) >= 11 is 0. The Labute approximate surface area is 102 Å². The lowest BCUT2D eigenvalue weighted by atomic mass is 10.2. The first-order chi connectivity index (χ1) is 8.63. The van der Waals surface area contributed by atoms with Gasteiger partial charge in [0.25, 0.3) is 0 Å². The normalized spacial score (nSPS) is 11.1. The van der Waals surface area contributed by atoms with Gasteiger partial charge in [0, 0.05) is 11.3 Å². The Balaban J connectivity index is 2.16. The zero-order valence-electron chi connectivity index (χ0n) is 9.54. The highest BCUT2D eigenvalue weighted by Gasteiger charge is 2.09. The summed E-state index contributed by atoms with van der Waals surface area (Å²) in [6.07, 6.45) is 0. The third-order valence-electron chi connectivity index (χ3n) is 2.68. The number of halogens is 2. The van der Waals surface area contributed by atoms with Gasteiger partial charge in [-0.1, -0.05) is 0 Å². The molecule has 0 atom stereocenters. The molecule has 0 aliphatic heterocycles. The number of benzene rings is 1. The van der Waals surface area contributed by atoms with Crippen LogP contribution in [0.2, 0.25) is 0 Å². The van der Waals surface area contributed by atoms with E-state index in [-0.39, 0.29) is 0 Å². The predicted octanol–water partition coefficient (Wildman–Crippen LogP) is 3.21. The van der Waals surface area contributed by atoms with E-state index in [1.54, 1.807) is 0 Å². The first-order valence-electron chi connectivity index (χ1n) is 5.42. The lowest BCUT2D eigenvalue weighted by Gasteiger charge is -1.97. The molecular formula is C13H9F2N3. The van der Waals surface area contributed by atoms with Crippen molar-refractivity contribution in [2.24, 2.45) is 0 Å². The Morgan fingerprint density at radius 1 is 1.00 bits per heavy atom. The van der Waals surface area contributed by atoms with Crippen molar-refractivity contribution >= 4 is 11.2 Å². The average Bonchev–Trinajstić information content (AvgIpc) is 2.75. The number of rotatable bonds is 1. The molecule has 0 bridgehead atoms. The molecule has 2 aromatic heterocycles. The van der Waals surface area contributed by atoms with Gasteiger partial charge < -0.3 is 4.98 Å². The second-order valence-corrected chi connectivity index (χ2v) is 4.04. The standard InChI is InChI=1S/C13H9F2N3/c1-7-2-5-11-13(16-7)18-12(17-11)8-3-4-9(14)10(15)6-8/h2-6H,1H3,(H,16,17,18). The summed E-state index contributed by atoms with van der Waals surface area (Å²) in [6, 6.07) is 7.38. The number of aromatic nitrogens is 3. The molecule has 0 amide bonds. The molecular weight excluding hydrogens is 236 g/mol. The maximum absolute atomic E-state index is 13.2. The Bertz CT molecular complexity index is 734. The van der Waals surface area contributed by atoms with Crippen molar-refractivity contribution in [3.63, 3.8) is 0 Å². The number of fused-ring (bicyclic) bond motifs is 1. The Morgan fingerprint density at radius 2 is 1.83 bits per heavy atom. The van der Waals surface area contributed by atoms with E-state index in [9.17, 15) is 8.78 Å². The third kappa shape index (κ3) is 1.73. The van der Waals surface area contributed by atoms with E-state index in [1.165, 1.54) is 6.07 Å². The summed E-state index contributed by atoms with van der Waals surface area (Å²) in [4.78, 5) is 11.5. The van der Waals surface area contributed by atoms with Crippen LogP contribution in [-0.2, 0) is 0 Å². The molecule has 3 nitrogen and oxygen atoms in total. The SMILES string of the molecule is Cc1ccc2[nH]c(-c3ccc(F)c(F)c3)nc2n1. The van der Waals surface area contributed by atoms with Gasteiger partial charge in [0.15, 0.2) is 17.3 Å². The molecule has 1 N–H and O–H groups in total. The average molecular weight is 245 g/mol. The van der Waals surface area contributed by atoms with Crippen molar-refractivity contribution in [2.45, 2.75) is 6.92 Å². The second-order valence-electron chi connectivity index (χ2n) is 4.04. The van der Waals surface area contributed by atoms with Gasteiger partial charge in [-0.3, -0.25) is 0 Å². The summed E-state index contributed by atoms with van der Waals surface area (Å²) in [5.74, 6) is -1.29. The van der Waals surface area contributed by atoms with Gasteiger partial charge in [0.2, 0.25) is 0 Å². The maximum Gasteiger partial charge on any atom is 0.178 e. The minimum absolute atomic E-state index is 0.474. The first-order valence-corrected chi connectivity index (χ1v) is 5.42. The van der Waals surface area contributed by atoms with E-state index in [0.29, 0.717) is 17.0 Å². The highest BCUT2D eigenvalue weighted by Crippen LogP contribution is 2.21. The predicted molar refractivity (Wildman–Crippen MR) is 64.0 cm³/mol. The molecule has 18 heavy (non-hydrogen) atoms. The van der Waals surface area contributed by atoms with Crippen LogP contribution in [-0.4, -0.2) is 15.0 Å². The van der Waals surface area contributed by atoms with Crippen molar-refractivity contribution in [3.8, 4) is 11.4 Å². The molecule has 0 aliphatic rings. The molecule has 0 aliphatic carbocycles. The summed E-state index contributed by atoms with van der Waals surface area (Å²) < 4.78 is 26.0. The molecule has 90 valence electrons. The number of nitrogens with one attached hydrogen (secondary N) is 1. The number of pyridine rings is 1. The molecule has 0 spiro atoms. The van der Waals surface area contributed by atoms with Crippen molar-refractivity contribution in [1.82, 2.24) is 15.0 Å². The minimum atomic E-state index is -0.892. The monoisotopic (exact) mass is 245 g/mol. The molecule has 0 fully saturated rings. The molecule has 0 saturated carbocycles. The van der Waals surface area contributed by atoms with Crippen molar-refractivity contribution in [2.75, 3.05) is 0 Å². The molecule has 3 rings (SSSR count). The largest absolute Gasteiger partial charge is 0.337 e. The van der Waals surface area contributed by atoms with Gasteiger partial charge in [-0.05, 0) is 37.3 Å². The molecule has 0 saturated heterocycles. The van der Waals surface area contributed by atoms with Gasteiger partial charge in [-0.2, -0.15) is 0 Å². The van der Waals surface area contributed by atoms with Crippen LogP contribution in [0.3, 0.4) is 0 Å². The van der Waals surface area contributed by atoms with E-state index in [0.717, 1.165) is 23.3 Å². The fourth-order valence-electron chi connectivity index (χ4n) is 1.77. The van der Waals surface area contributed by atoms with Crippen LogP contribution in [0, 0.1) is 18.6 Å². The number of aryl methyl sites for hydroxylation is 1. The third-order valence-corrected chi connectivity index (χ3v) is 2.68. The molecule has 1 aromatic carbocycles. The van der Waals surface area contributed by atoms with E-state index in [1.807, 2.05) is 19.1 Å². The maximum atomic E-state index is 13.2. The van der Waals surface area contributed by atoms with Crippen LogP contribution in [0.25, 0.3) is 22.6 Å². The molecule has 0 unspecified atom stereocenters. The van der Waals surface area contributed by atoms with E-state index in [2.05, 4.69) is 15.0 Å². The zero-order valence-corrected chi connectivity index (χ0v) is 9.54. The number of aromatic amines is 1. The van der Waals surface area contributed by atoms with Crippen LogP contribution in [0.15, 0.2) is 30.3 Å². The number of nitrogens with zero attached hydrogens (tertiary/aromatic N) is 2. The molecule has 2 heterocycles. The van der Waals surface area contributed by atoms with Crippen molar-refractivity contribution < 1.29 is 8.78 Å². The van der Waals surface area contributed by atoms with Crippen molar-refractivity contribution in [3.05, 3.63) is 47.7 Å². The number of hydrogen-bond donors (Lipinski definition) is 1. The quantitative estimate of drug-likeness (QED) is 0.715. The Kier molecular flexibility index (Phi) is 2.33. The number of hydrogen-bond acceptors (Lipinski definition) is 2. The molecule has 0 radical (unpaired) electrons. The van der Waals surface area contributed by atoms with E-state index in [4.69, 9.17) is 0 Å². The second kappa shape index (κ2) is 3.87. The van der Waals surface area contributed by atoms with Crippen molar-refractivity contribution in [1.29, 1.82) is 0 Å². The Hall–Kier alpha value is -2.30. The Morgan fingerprint density at radius 3 is 2.61 bits per heavy atom. The van der Waals surface area contributed by atoms with Crippen LogP contribution in [0.4, 0.5) is 8.78 Å². The zero-order chi connectivity index (χ0) is 12.7. The number of H-pyrrole nitrogens is 1. The molecule has 5 heteroatoms. The van der Waals surface area contributed by atoms with E-state index >= 15 is 0 Å². The van der Waals surface area contributed by atoms with Gasteiger partial charge in [-0.15, -0.1) is 0 Å². The minimum Gasteiger partial charge on any atom is -0.337 e. The highest BCUT2D eigenvalue weighted by molar-refractivity contribution is 5.75. The van der Waals surface area contributed by atoms with Crippen LogP contribution in [0.5, 0.6) is 0 Å². The van der Waals surface area contributed by atoms with Crippen LogP contribution in [0.1, 0.15) is 5.69 Å². The van der Waals surface area contributed by atoms with Gasteiger partial charge in [0.05, 0.1) is 5.52 Å². The molecule has 3 aromatic rings. The first kappa shape index (κ1) is 10.8. The topological polar surface area (TPSA) is 41.6 Å². The van der Waals surface area contributed by atoms with Gasteiger partial charge >= 0.3 is 0 Å². The van der Waals surface area contributed by atoms with Gasteiger partial charge in [-0.25, -0.2) is 18.7 Å².